The summed E-state index contributed by atoms with van der Waals surface area (Å²) in [6.45, 7) is 2.03. The molecule has 5 rings (SSSR count). The molecule has 0 aliphatic carbocycles. The Morgan fingerprint density at radius 1 is 0.886 bits per heavy atom. The maximum atomic E-state index is 12.7. The van der Waals surface area contributed by atoms with Crippen LogP contribution in [-0.4, -0.2) is 37.8 Å². The number of halogens is 3. The van der Waals surface area contributed by atoms with Gasteiger partial charge in [0.1, 0.15) is 6.33 Å². The van der Waals surface area contributed by atoms with E-state index in [-0.39, 0.29) is 0 Å². The summed E-state index contributed by atoms with van der Waals surface area (Å²) in [4.78, 5) is 14.6. The van der Waals surface area contributed by atoms with Crippen molar-refractivity contribution < 1.29 is 13.2 Å². The Morgan fingerprint density at radius 3 is 2.37 bits per heavy atom. The third-order valence-electron chi connectivity index (χ3n) is 5.75. The van der Waals surface area contributed by atoms with E-state index in [4.69, 9.17) is 5.73 Å². The predicted octanol–water partition coefficient (Wildman–Crippen LogP) is 5.06. The summed E-state index contributed by atoms with van der Waals surface area (Å²) in [5.41, 5.74) is 10.7. The second kappa shape index (κ2) is 9.24. The number of hydrogen-bond donors (Lipinski definition) is 2. The van der Waals surface area contributed by atoms with Crippen molar-refractivity contribution in [1.29, 1.82) is 0 Å². The highest BCUT2D eigenvalue weighted by Gasteiger charge is 2.35. The molecule has 0 spiro atoms. The maximum absolute atomic E-state index is 12.7. The first-order valence-electron chi connectivity index (χ1n) is 11.2. The molecule has 0 radical (unpaired) electrons. The van der Waals surface area contributed by atoms with Gasteiger partial charge in [0, 0.05) is 41.9 Å². The lowest BCUT2D eigenvalue weighted by Crippen LogP contribution is -2.29. The molecule has 3 N–H and O–H groups in total. The number of nitrogens with zero attached hydrogens (tertiary/aromatic N) is 6. The lowest BCUT2D eigenvalue weighted by atomic mass is 10.1. The van der Waals surface area contributed by atoms with E-state index < -0.39 is 12.0 Å². The largest absolute Gasteiger partial charge is 0.453 e. The fourth-order valence-corrected chi connectivity index (χ4v) is 4.04. The molecular formula is C24H23F3N8. The summed E-state index contributed by atoms with van der Waals surface area (Å²) in [6.07, 6.45) is 1.70. The average molecular weight is 480 g/mol. The monoisotopic (exact) mass is 480 g/mol. The molecule has 4 aromatic rings. The highest BCUT2D eigenvalue weighted by atomic mass is 19.4. The molecule has 0 saturated carbocycles. The number of nitrogens with one attached hydrogen (secondary N) is 1. The van der Waals surface area contributed by atoms with Gasteiger partial charge in [-0.2, -0.15) is 13.2 Å². The van der Waals surface area contributed by atoms with Gasteiger partial charge in [-0.05, 0) is 67.8 Å². The normalized spacial score (nSPS) is 14.2. The first kappa shape index (κ1) is 22.6. The number of hydrogen-bond acceptors (Lipinski definition) is 7. The molecule has 35 heavy (non-hydrogen) atoms. The summed E-state index contributed by atoms with van der Waals surface area (Å²) in [6, 6.07) is 14.5. The number of alkyl halides is 3. The molecule has 0 bridgehead atoms. The van der Waals surface area contributed by atoms with Gasteiger partial charge in [0.15, 0.2) is 0 Å². The number of nitrogen functional groups attached to an aromatic ring is 1. The molecule has 1 aliphatic heterocycles. The Bertz CT molecular complexity index is 1310. The zero-order chi connectivity index (χ0) is 24.4. The zero-order valence-electron chi connectivity index (χ0n) is 18.7. The maximum Gasteiger partial charge on any atom is 0.453 e. The highest BCUT2D eigenvalue weighted by Crippen LogP contribution is 2.30. The molecule has 2 aromatic carbocycles. The minimum Gasteiger partial charge on any atom is -0.399 e. The van der Waals surface area contributed by atoms with Gasteiger partial charge in [0.25, 0.3) is 5.82 Å². The van der Waals surface area contributed by atoms with E-state index >= 15 is 0 Å². The number of piperidine rings is 1. The van der Waals surface area contributed by atoms with Crippen LogP contribution < -0.4 is 16.0 Å². The number of anilines is 4. The molecule has 1 saturated heterocycles. The molecule has 2 aromatic heterocycles. The van der Waals surface area contributed by atoms with Crippen LogP contribution in [0.15, 0.2) is 61.1 Å². The number of nitrogens with two attached hydrogens (primary N) is 1. The van der Waals surface area contributed by atoms with E-state index in [1.54, 1.807) is 30.5 Å². The molecule has 0 atom stereocenters. The summed E-state index contributed by atoms with van der Waals surface area (Å²) in [5, 5.41) is 6.61. The molecular weight excluding hydrogens is 457 g/mol. The van der Waals surface area contributed by atoms with Crippen LogP contribution in [-0.2, 0) is 6.18 Å². The average Bonchev–Trinajstić information content (AvgIpc) is 3.36. The summed E-state index contributed by atoms with van der Waals surface area (Å²) in [5.74, 6) is -0.799. The summed E-state index contributed by atoms with van der Waals surface area (Å²) in [7, 11) is 0. The molecule has 180 valence electrons. The molecule has 3 heterocycles. The predicted molar refractivity (Wildman–Crippen MR) is 128 cm³/mol. The zero-order valence-corrected chi connectivity index (χ0v) is 18.7. The van der Waals surface area contributed by atoms with E-state index in [9.17, 15) is 13.2 Å². The van der Waals surface area contributed by atoms with E-state index in [1.807, 2.05) is 18.2 Å². The van der Waals surface area contributed by atoms with Crippen molar-refractivity contribution in [2.24, 2.45) is 0 Å². The van der Waals surface area contributed by atoms with Crippen molar-refractivity contribution in [3.63, 3.8) is 0 Å². The number of benzene rings is 2. The smallest absolute Gasteiger partial charge is 0.399 e. The third-order valence-corrected chi connectivity index (χ3v) is 5.75. The molecule has 0 amide bonds. The molecule has 11 heteroatoms. The Hall–Kier alpha value is -4.15. The third kappa shape index (κ3) is 5.18. The molecule has 0 unspecified atom stereocenters. The molecule has 8 nitrogen and oxygen atoms in total. The van der Waals surface area contributed by atoms with Crippen LogP contribution >= 0.6 is 0 Å². The van der Waals surface area contributed by atoms with Crippen molar-refractivity contribution in [1.82, 2.24) is 24.7 Å². The lowest BCUT2D eigenvalue weighted by molar-refractivity contribution is -0.144. The second-order valence-electron chi connectivity index (χ2n) is 8.31. The van der Waals surface area contributed by atoms with Crippen molar-refractivity contribution in [3.8, 4) is 16.9 Å². The Labute approximate surface area is 199 Å². The van der Waals surface area contributed by atoms with Crippen molar-refractivity contribution in [2.45, 2.75) is 25.4 Å². The first-order valence-corrected chi connectivity index (χ1v) is 11.2. The van der Waals surface area contributed by atoms with Crippen LogP contribution in [0.1, 0.15) is 25.1 Å². The standard InChI is InChI=1S/C24H23F3N8/c25-24(26,27)22-30-15-35(33-22)19-6-4-18(5-7-19)31-23-29-9-8-21(32-23)16-12-17(28)14-20(13-16)34-10-2-1-3-11-34/h4-9,12-15H,1-3,10-11,28H2,(H,29,31,32). The number of rotatable bonds is 5. The van der Waals surface area contributed by atoms with E-state index in [0.29, 0.717) is 23.0 Å². The SMILES string of the molecule is Nc1cc(-c2ccnc(Nc3ccc(-n4cnc(C(F)(F)F)n4)cc3)n2)cc(N2CCCCC2)c1. The van der Waals surface area contributed by atoms with Gasteiger partial charge in [-0.15, -0.1) is 5.10 Å². The minimum absolute atomic E-state index is 0.386. The molecule has 1 aliphatic rings. The fourth-order valence-electron chi connectivity index (χ4n) is 4.04. The quantitative estimate of drug-likeness (QED) is 0.385. The van der Waals surface area contributed by atoms with E-state index in [0.717, 1.165) is 41.0 Å². The van der Waals surface area contributed by atoms with Crippen molar-refractivity contribution >= 4 is 23.0 Å². The van der Waals surface area contributed by atoms with Gasteiger partial charge >= 0.3 is 6.18 Å². The number of aromatic nitrogens is 5. The molecule has 1 fully saturated rings. The van der Waals surface area contributed by atoms with E-state index in [1.165, 1.54) is 19.3 Å². The summed E-state index contributed by atoms with van der Waals surface area (Å²) >= 11 is 0. The van der Waals surface area contributed by atoms with Gasteiger partial charge in [-0.25, -0.2) is 19.6 Å². The first-order chi connectivity index (χ1) is 16.8. The van der Waals surface area contributed by atoms with Crippen LogP contribution in [0.3, 0.4) is 0 Å². The topological polar surface area (TPSA) is 97.8 Å². The van der Waals surface area contributed by atoms with Crippen LogP contribution in [0.4, 0.5) is 36.2 Å². The van der Waals surface area contributed by atoms with Gasteiger partial charge < -0.3 is 16.0 Å². The van der Waals surface area contributed by atoms with Gasteiger partial charge in [-0.3, -0.25) is 0 Å². The minimum atomic E-state index is -4.59. The van der Waals surface area contributed by atoms with Crippen LogP contribution in [0.5, 0.6) is 0 Å². The van der Waals surface area contributed by atoms with Crippen LogP contribution in [0.2, 0.25) is 0 Å². The van der Waals surface area contributed by atoms with Gasteiger partial charge in [0.05, 0.1) is 11.4 Å². The Kier molecular flexibility index (Phi) is 5.98. The fraction of sp³-hybridized carbons (Fsp3) is 0.250. The van der Waals surface area contributed by atoms with Crippen molar-refractivity contribution in [3.05, 3.63) is 66.9 Å². The second-order valence-corrected chi connectivity index (χ2v) is 8.31. The lowest BCUT2D eigenvalue weighted by Gasteiger charge is -2.29. The van der Waals surface area contributed by atoms with Crippen molar-refractivity contribution in [2.75, 3.05) is 29.0 Å². The Morgan fingerprint density at radius 2 is 1.66 bits per heavy atom. The van der Waals surface area contributed by atoms with Gasteiger partial charge in [0.2, 0.25) is 5.95 Å². The van der Waals surface area contributed by atoms with E-state index in [2.05, 4.69) is 36.3 Å². The summed E-state index contributed by atoms with van der Waals surface area (Å²) < 4.78 is 39.3. The van der Waals surface area contributed by atoms with Gasteiger partial charge in [-0.1, -0.05) is 0 Å². The van der Waals surface area contributed by atoms with Crippen LogP contribution in [0, 0.1) is 0 Å². The van der Waals surface area contributed by atoms with Crippen LogP contribution in [0.25, 0.3) is 16.9 Å². The highest BCUT2D eigenvalue weighted by molar-refractivity contribution is 5.72. The Balaban J connectivity index is 1.33.